The first kappa shape index (κ1) is 35.6. The number of unbranched alkanes of at least 4 members (excludes halogenated alkanes) is 18. The van der Waals surface area contributed by atoms with Crippen LogP contribution >= 0.6 is 22.6 Å². The molecule has 0 aliphatic carbocycles. The second-order valence-corrected chi connectivity index (χ2v) is 10.9. The summed E-state index contributed by atoms with van der Waals surface area (Å²) in [5.74, 6) is 0. The van der Waals surface area contributed by atoms with Gasteiger partial charge in [-0.3, -0.25) is 0 Å². The first-order valence-electron chi connectivity index (χ1n) is 15.3. The summed E-state index contributed by atoms with van der Waals surface area (Å²) in [7, 11) is 0. The molecular formula is C30H61IO4. The number of ether oxygens (including phenoxy) is 4. The number of alkyl halides is 1. The normalized spacial score (nSPS) is 11.5. The van der Waals surface area contributed by atoms with Crippen LogP contribution in [0.1, 0.15) is 135 Å². The highest BCUT2D eigenvalue weighted by molar-refractivity contribution is 14.1. The predicted octanol–water partition coefficient (Wildman–Crippen LogP) is 9.31. The smallest absolute Gasteiger partial charge is 0.0701 e. The van der Waals surface area contributed by atoms with E-state index in [0.29, 0.717) is 39.6 Å². The maximum atomic E-state index is 5.67. The fourth-order valence-corrected chi connectivity index (χ4v) is 4.71. The summed E-state index contributed by atoms with van der Waals surface area (Å²) in [5, 5.41) is 0. The van der Waals surface area contributed by atoms with Crippen LogP contribution in [0.4, 0.5) is 0 Å². The minimum atomic E-state index is 0.637. The van der Waals surface area contributed by atoms with E-state index in [0.717, 1.165) is 13.2 Å². The van der Waals surface area contributed by atoms with Gasteiger partial charge >= 0.3 is 0 Å². The summed E-state index contributed by atoms with van der Waals surface area (Å²) in [6, 6.07) is 0. The van der Waals surface area contributed by atoms with Crippen molar-refractivity contribution in [2.24, 2.45) is 0 Å². The van der Waals surface area contributed by atoms with Crippen LogP contribution in [0, 0.1) is 0 Å². The molecule has 35 heavy (non-hydrogen) atoms. The molecule has 0 spiro atoms. The molecule has 0 aromatic heterocycles. The third-order valence-electron chi connectivity index (χ3n) is 6.43. The number of hydrogen-bond acceptors (Lipinski definition) is 4. The molecule has 0 aliphatic heterocycles. The van der Waals surface area contributed by atoms with E-state index < -0.39 is 0 Å². The van der Waals surface area contributed by atoms with Gasteiger partial charge in [-0.25, -0.2) is 0 Å². The standard InChI is InChI=1S/C30H61IO4/c1-2-3-4-5-6-7-8-9-10-11-12-13-14-15-17-20-23-32-25-27-34-29-30-35-28-26-33-24-21-18-16-19-22-31/h2-30H2,1H3. The zero-order valence-corrected chi connectivity index (χ0v) is 25.7. The summed E-state index contributed by atoms with van der Waals surface area (Å²) in [6.45, 7) is 8.00. The molecule has 0 heterocycles. The Morgan fingerprint density at radius 1 is 0.314 bits per heavy atom. The summed E-state index contributed by atoms with van der Waals surface area (Å²) in [4.78, 5) is 0. The van der Waals surface area contributed by atoms with Gasteiger partial charge in [0.05, 0.1) is 39.6 Å². The quantitative estimate of drug-likeness (QED) is 0.0431. The fraction of sp³-hybridized carbons (Fsp3) is 1.00. The summed E-state index contributed by atoms with van der Waals surface area (Å²) in [6.07, 6.45) is 27.6. The average Bonchev–Trinajstić information content (AvgIpc) is 2.87. The van der Waals surface area contributed by atoms with Gasteiger partial charge in [0.15, 0.2) is 0 Å². The predicted molar refractivity (Wildman–Crippen MR) is 160 cm³/mol. The highest BCUT2D eigenvalue weighted by Crippen LogP contribution is 2.13. The molecule has 0 aromatic carbocycles. The van der Waals surface area contributed by atoms with E-state index >= 15 is 0 Å². The Hall–Kier alpha value is 0.570. The zero-order valence-electron chi connectivity index (χ0n) is 23.5. The molecule has 0 aromatic rings. The molecule has 0 N–H and O–H groups in total. The lowest BCUT2D eigenvalue weighted by Gasteiger charge is -2.07. The lowest BCUT2D eigenvalue weighted by Crippen LogP contribution is -2.12. The number of rotatable bonds is 32. The van der Waals surface area contributed by atoms with Crippen LogP contribution in [0.25, 0.3) is 0 Å². The van der Waals surface area contributed by atoms with Crippen LogP contribution in [0.3, 0.4) is 0 Å². The van der Waals surface area contributed by atoms with Crippen molar-refractivity contribution < 1.29 is 18.9 Å². The lowest BCUT2D eigenvalue weighted by molar-refractivity contribution is -0.00248. The first-order valence-corrected chi connectivity index (χ1v) is 16.8. The Bertz CT molecular complexity index is 325. The van der Waals surface area contributed by atoms with E-state index in [4.69, 9.17) is 18.9 Å². The average molecular weight is 613 g/mol. The van der Waals surface area contributed by atoms with Crippen molar-refractivity contribution >= 4 is 22.6 Å². The van der Waals surface area contributed by atoms with E-state index in [1.807, 2.05) is 0 Å². The third kappa shape index (κ3) is 34.6. The van der Waals surface area contributed by atoms with Crippen LogP contribution in [-0.4, -0.2) is 57.3 Å². The minimum absolute atomic E-state index is 0.637. The summed E-state index contributed by atoms with van der Waals surface area (Å²) < 4.78 is 23.6. The van der Waals surface area contributed by atoms with Gasteiger partial charge in [0.2, 0.25) is 0 Å². The summed E-state index contributed by atoms with van der Waals surface area (Å²) in [5.41, 5.74) is 0. The molecular weight excluding hydrogens is 551 g/mol. The SMILES string of the molecule is CCCCCCCCCCCCCCCCCCOCCOCCOCCOCCCCCCI. The minimum Gasteiger partial charge on any atom is -0.379 e. The third-order valence-corrected chi connectivity index (χ3v) is 7.19. The molecule has 0 unspecified atom stereocenters. The second-order valence-electron chi connectivity index (χ2n) is 9.86. The van der Waals surface area contributed by atoms with Crippen molar-refractivity contribution in [3.63, 3.8) is 0 Å². The van der Waals surface area contributed by atoms with Gasteiger partial charge in [0.1, 0.15) is 0 Å². The maximum Gasteiger partial charge on any atom is 0.0701 e. The van der Waals surface area contributed by atoms with Crippen molar-refractivity contribution in [2.45, 2.75) is 135 Å². The molecule has 0 saturated heterocycles. The Morgan fingerprint density at radius 3 is 0.886 bits per heavy atom. The van der Waals surface area contributed by atoms with E-state index in [1.165, 1.54) is 133 Å². The maximum absolute atomic E-state index is 5.67. The van der Waals surface area contributed by atoms with Crippen molar-refractivity contribution in [3.05, 3.63) is 0 Å². The largest absolute Gasteiger partial charge is 0.379 e. The van der Waals surface area contributed by atoms with Gasteiger partial charge in [-0.2, -0.15) is 0 Å². The molecule has 212 valence electrons. The molecule has 0 fully saturated rings. The van der Waals surface area contributed by atoms with Crippen molar-refractivity contribution in [1.29, 1.82) is 0 Å². The van der Waals surface area contributed by atoms with Crippen LogP contribution in [0.2, 0.25) is 0 Å². The first-order chi connectivity index (χ1) is 17.4. The van der Waals surface area contributed by atoms with Gasteiger partial charge in [-0.05, 0) is 23.7 Å². The van der Waals surface area contributed by atoms with Crippen molar-refractivity contribution in [1.82, 2.24) is 0 Å². The zero-order chi connectivity index (χ0) is 25.3. The summed E-state index contributed by atoms with van der Waals surface area (Å²) >= 11 is 2.44. The molecule has 0 saturated carbocycles. The molecule has 5 heteroatoms. The monoisotopic (exact) mass is 612 g/mol. The van der Waals surface area contributed by atoms with E-state index in [9.17, 15) is 0 Å². The van der Waals surface area contributed by atoms with E-state index in [2.05, 4.69) is 29.5 Å². The molecule has 0 atom stereocenters. The van der Waals surface area contributed by atoms with Crippen LogP contribution in [0.5, 0.6) is 0 Å². The van der Waals surface area contributed by atoms with Crippen LogP contribution in [0.15, 0.2) is 0 Å². The number of halogens is 1. The molecule has 0 rings (SSSR count). The molecule has 0 radical (unpaired) electrons. The van der Waals surface area contributed by atoms with Crippen LogP contribution in [-0.2, 0) is 18.9 Å². The van der Waals surface area contributed by atoms with Gasteiger partial charge in [0, 0.05) is 13.2 Å². The van der Waals surface area contributed by atoms with E-state index in [-0.39, 0.29) is 0 Å². The highest BCUT2D eigenvalue weighted by Gasteiger charge is 1.96. The van der Waals surface area contributed by atoms with Gasteiger partial charge < -0.3 is 18.9 Å². The number of hydrogen-bond donors (Lipinski definition) is 0. The Balaban J connectivity index is 3.00. The Kier molecular flexibility index (Phi) is 35.1. The fourth-order valence-electron chi connectivity index (χ4n) is 4.17. The molecule has 0 bridgehead atoms. The molecule has 0 amide bonds. The van der Waals surface area contributed by atoms with Gasteiger partial charge in [-0.1, -0.05) is 139 Å². The topological polar surface area (TPSA) is 36.9 Å². The van der Waals surface area contributed by atoms with Gasteiger partial charge in [-0.15, -0.1) is 0 Å². The van der Waals surface area contributed by atoms with E-state index in [1.54, 1.807) is 0 Å². The van der Waals surface area contributed by atoms with Crippen LogP contribution < -0.4 is 0 Å². The van der Waals surface area contributed by atoms with Crippen molar-refractivity contribution in [2.75, 3.05) is 57.3 Å². The Morgan fingerprint density at radius 2 is 0.571 bits per heavy atom. The van der Waals surface area contributed by atoms with Gasteiger partial charge in [0.25, 0.3) is 0 Å². The lowest BCUT2D eigenvalue weighted by atomic mass is 10.0. The second kappa shape index (κ2) is 34.6. The molecule has 4 nitrogen and oxygen atoms in total. The molecule has 0 aliphatic rings. The highest BCUT2D eigenvalue weighted by atomic mass is 127. The van der Waals surface area contributed by atoms with Crippen molar-refractivity contribution in [3.8, 4) is 0 Å². The Labute approximate surface area is 233 Å².